The predicted octanol–water partition coefficient (Wildman–Crippen LogP) is 12.4. The summed E-state index contributed by atoms with van der Waals surface area (Å²) in [7, 11) is 0. The van der Waals surface area contributed by atoms with E-state index in [1.807, 2.05) is 0 Å². The quantitative estimate of drug-likeness (QED) is 0.193. The maximum atomic E-state index is 6.82. The van der Waals surface area contributed by atoms with Gasteiger partial charge in [0.05, 0.1) is 11.0 Å². The third-order valence-electron chi connectivity index (χ3n) is 11.1. The first-order chi connectivity index (χ1) is 23.5. The average Bonchev–Trinajstić information content (AvgIpc) is 3.74. The summed E-state index contributed by atoms with van der Waals surface area (Å²) in [5.74, 6) is 0.523. The molecule has 0 radical (unpaired) electrons. The highest BCUT2D eigenvalue weighted by Gasteiger charge is 2.41. The van der Waals surface area contributed by atoms with Crippen molar-refractivity contribution in [2.45, 2.75) is 32.1 Å². The highest BCUT2D eigenvalue weighted by atomic mass is 16.3. The van der Waals surface area contributed by atoms with E-state index in [4.69, 9.17) is 4.42 Å². The normalized spacial score (nSPS) is 18.3. The highest BCUT2D eigenvalue weighted by molar-refractivity contribution is 6.23. The van der Waals surface area contributed by atoms with Crippen LogP contribution < -0.4 is 0 Å². The lowest BCUT2D eigenvalue weighted by Crippen LogP contribution is -2.19. The van der Waals surface area contributed by atoms with Crippen molar-refractivity contribution in [3.05, 3.63) is 168 Å². The number of aromatic nitrogens is 1. The minimum atomic E-state index is -0.0547. The van der Waals surface area contributed by atoms with Gasteiger partial charge in [-0.1, -0.05) is 136 Å². The standard InChI is InChI=1S/C46H35NO/c1-28-25-36-32-15-7-10-18-39(32)46(2,3)40(36)27-35(28)37-26-38-33-16-9-12-20-42(33)48-45(38)44-43(37)34-17-8-11-19-41(34)47(44)31-23-21-30(22-24-31)29-13-5-4-6-14-29/h4-28,35H,1-3H3. The van der Waals surface area contributed by atoms with Gasteiger partial charge in [0.1, 0.15) is 5.58 Å². The Morgan fingerprint density at radius 2 is 1.33 bits per heavy atom. The predicted molar refractivity (Wildman–Crippen MR) is 201 cm³/mol. The lowest BCUT2D eigenvalue weighted by atomic mass is 9.73. The monoisotopic (exact) mass is 617 g/mol. The van der Waals surface area contributed by atoms with Crippen LogP contribution in [0.2, 0.25) is 0 Å². The molecule has 2 aliphatic carbocycles. The first-order valence-corrected chi connectivity index (χ1v) is 17.1. The third kappa shape index (κ3) is 3.75. The maximum absolute atomic E-state index is 6.82. The number of allylic oxidation sites excluding steroid dienone is 4. The van der Waals surface area contributed by atoms with Crippen molar-refractivity contribution in [3.63, 3.8) is 0 Å². The van der Waals surface area contributed by atoms with Crippen molar-refractivity contribution in [2.75, 3.05) is 0 Å². The molecule has 0 fully saturated rings. The average molecular weight is 618 g/mol. The Balaban J connectivity index is 1.28. The Hall–Kier alpha value is -5.60. The highest BCUT2D eigenvalue weighted by Crippen LogP contribution is 2.55. The zero-order chi connectivity index (χ0) is 32.1. The molecule has 10 rings (SSSR count). The third-order valence-corrected chi connectivity index (χ3v) is 11.1. The molecule has 2 atom stereocenters. The Morgan fingerprint density at radius 3 is 2.17 bits per heavy atom. The molecular weight excluding hydrogens is 583 g/mol. The molecule has 8 aromatic rings. The second-order valence-corrected chi connectivity index (χ2v) is 14.1. The summed E-state index contributed by atoms with van der Waals surface area (Å²) in [5.41, 5.74) is 14.7. The number of hydrogen-bond donors (Lipinski definition) is 0. The molecule has 0 amide bonds. The van der Waals surface area contributed by atoms with E-state index in [1.54, 1.807) is 0 Å². The zero-order valence-corrected chi connectivity index (χ0v) is 27.4. The van der Waals surface area contributed by atoms with Gasteiger partial charge in [0.2, 0.25) is 0 Å². The fourth-order valence-electron chi connectivity index (χ4n) is 8.76. The van der Waals surface area contributed by atoms with Gasteiger partial charge >= 0.3 is 0 Å². The number of rotatable bonds is 3. The Morgan fingerprint density at radius 1 is 0.646 bits per heavy atom. The molecule has 2 heteroatoms. The van der Waals surface area contributed by atoms with Crippen molar-refractivity contribution in [2.24, 2.45) is 5.92 Å². The molecule has 0 saturated carbocycles. The number of fused-ring (bicyclic) bond motifs is 10. The van der Waals surface area contributed by atoms with Gasteiger partial charge < -0.3 is 8.98 Å². The molecular formula is C46H35NO. The summed E-state index contributed by atoms with van der Waals surface area (Å²) in [6, 6.07) is 48.4. The van der Waals surface area contributed by atoms with Gasteiger partial charge in [-0.15, -0.1) is 0 Å². The molecule has 0 N–H and O–H groups in total. The number of furan rings is 1. The number of para-hydroxylation sites is 2. The van der Waals surface area contributed by atoms with Gasteiger partial charge in [-0.3, -0.25) is 0 Å². The molecule has 0 spiro atoms. The largest absolute Gasteiger partial charge is 0.454 e. The Kier molecular flexibility index (Phi) is 5.70. The van der Waals surface area contributed by atoms with E-state index < -0.39 is 0 Å². The van der Waals surface area contributed by atoms with E-state index in [-0.39, 0.29) is 11.3 Å². The van der Waals surface area contributed by atoms with Gasteiger partial charge in [0.25, 0.3) is 0 Å². The summed E-state index contributed by atoms with van der Waals surface area (Å²) in [6.45, 7) is 7.17. The van der Waals surface area contributed by atoms with Gasteiger partial charge in [-0.2, -0.15) is 0 Å². The molecule has 2 heterocycles. The molecule has 2 aromatic heterocycles. The van der Waals surface area contributed by atoms with E-state index in [1.165, 1.54) is 60.6 Å². The van der Waals surface area contributed by atoms with Crippen molar-refractivity contribution in [1.29, 1.82) is 0 Å². The molecule has 2 nitrogen and oxygen atoms in total. The molecule has 230 valence electrons. The summed E-state index contributed by atoms with van der Waals surface area (Å²) in [6.07, 6.45) is 5.14. The van der Waals surface area contributed by atoms with Crippen LogP contribution in [-0.2, 0) is 5.41 Å². The van der Waals surface area contributed by atoms with Crippen LogP contribution in [-0.4, -0.2) is 4.57 Å². The molecule has 0 aliphatic heterocycles. The zero-order valence-electron chi connectivity index (χ0n) is 27.4. The molecule has 2 unspecified atom stereocenters. The van der Waals surface area contributed by atoms with Crippen LogP contribution in [0.4, 0.5) is 0 Å². The summed E-state index contributed by atoms with van der Waals surface area (Å²) in [4.78, 5) is 0. The molecule has 48 heavy (non-hydrogen) atoms. The van der Waals surface area contributed by atoms with Gasteiger partial charge in [0.15, 0.2) is 5.58 Å². The number of benzene rings is 6. The van der Waals surface area contributed by atoms with E-state index >= 15 is 0 Å². The SMILES string of the molecule is CC1C=C2C(=CC1c1cc3c4ccccc4oc3c3c1c1ccccc1n3-c1ccc(-c3ccccc3)cc1)C(C)(C)c1ccccc12. The first kappa shape index (κ1) is 27.5. The number of hydrogen-bond acceptors (Lipinski definition) is 1. The Labute approximate surface area is 280 Å². The smallest absolute Gasteiger partial charge is 0.160 e. The first-order valence-electron chi connectivity index (χ1n) is 17.1. The number of nitrogens with zero attached hydrogens (tertiary/aromatic N) is 1. The van der Waals surface area contributed by atoms with Gasteiger partial charge in [-0.05, 0) is 75.2 Å². The minimum absolute atomic E-state index is 0.0547. The van der Waals surface area contributed by atoms with E-state index in [2.05, 4.69) is 171 Å². The summed E-state index contributed by atoms with van der Waals surface area (Å²) in [5, 5.41) is 4.87. The van der Waals surface area contributed by atoms with Crippen LogP contribution in [0.15, 0.2) is 156 Å². The lowest BCUT2D eigenvalue weighted by Gasteiger charge is -2.30. The van der Waals surface area contributed by atoms with E-state index in [0.717, 1.165) is 27.8 Å². The van der Waals surface area contributed by atoms with Crippen LogP contribution in [0.1, 0.15) is 43.4 Å². The van der Waals surface area contributed by atoms with E-state index in [9.17, 15) is 0 Å². The van der Waals surface area contributed by atoms with Crippen molar-refractivity contribution in [1.82, 2.24) is 4.57 Å². The maximum Gasteiger partial charge on any atom is 0.160 e. The molecule has 0 bridgehead atoms. The molecule has 0 saturated heterocycles. The van der Waals surface area contributed by atoms with Crippen molar-refractivity contribution < 1.29 is 4.42 Å². The summed E-state index contributed by atoms with van der Waals surface area (Å²) < 4.78 is 9.25. The van der Waals surface area contributed by atoms with Crippen LogP contribution in [0.25, 0.3) is 66.1 Å². The topological polar surface area (TPSA) is 18.1 Å². The fourth-order valence-corrected chi connectivity index (χ4v) is 8.76. The van der Waals surface area contributed by atoms with Crippen LogP contribution in [0.5, 0.6) is 0 Å². The van der Waals surface area contributed by atoms with Crippen molar-refractivity contribution in [3.8, 4) is 16.8 Å². The van der Waals surface area contributed by atoms with Crippen LogP contribution >= 0.6 is 0 Å². The fraction of sp³-hybridized carbons (Fsp3) is 0.130. The second-order valence-electron chi connectivity index (χ2n) is 14.1. The van der Waals surface area contributed by atoms with Gasteiger partial charge in [0, 0.05) is 38.6 Å². The summed E-state index contributed by atoms with van der Waals surface area (Å²) >= 11 is 0. The lowest BCUT2D eigenvalue weighted by molar-refractivity contribution is 0.603. The van der Waals surface area contributed by atoms with Crippen LogP contribution in [0.3, 0.4) is 0 Å². The van der Waals surface area contributed by atoms with Gasteiger partial charge in [-0.25, -0.2) is 0 Å². The molecule has 2 aliphatic rings. The van der Waals surface area contributed by atoms with Crippen molar-refractivity contribution >= 4 is 49.3 Å². The Bertz CT molecular complexity index is 2640. The molecule has 6 aromatic carbocycles. The van der Waals surface area contributed by atoms with E-state index in [0.29, 0.717) is 5.92 Å². The second kappa shape index (κ2) is 9.95. The van der Waals surface area contributed by atoms with Crippen LogP contribution in [0, 0.1) is 5.92 Å². The minimum Gasteiger partial charge on any atom is -0.454 e.